The zero-order valence-electron chi connectivity index (χ0n) is 20.6. The Hall–Kier alpha value is -2.36. The lowest BCUT2D eigenvalue weighted by Crippen LogP contribution is -2.47. The van der Waals surface area contributed by atoms with Gasteiger partial charge in [-0.2, -0.15) is 0 Å². The molecule has 2 aromatic rings. The number of nitrogens with one attached hydrogen (secondary N) is 2. The second-order valence-corrected chi connectivity index (χ2v) is 10.6. The molecule has 2 fully saturated rings. The highest BCUT2D eigenvalue weighted by atomic mass is 32.1. The van der Waals surface area contributed by atoms with E-state index in [1.807, 2.05) is 30.3 Å². The van der Waals surface area contributed by atoms with E-state index in [4.69, 9.17) is 0 Å². The molecule has 2 N–H and O–H groups in total. The third-order valence-corrected chi connectivity index (χ3v) is 7.91. The van der Waals surface area contributed by atoms with Gasteiger partial charge in [-0.3, -0.25) is 9.59 Å². The molecular weight excluding hydrogens is 460 g/mol. The second-order valence-electron chi connectivity index (χ2n) is 9.55. The molecule has 35 heavy (non-hydrogen) atoms. The van der Waals surface area contributed by atoms with Crippen molar-refractivity contribution in [1.29, 1.82) is 0 Å². The lowest BCUT2D eigenvalue weighted by atomic mass is 10.00. The van der Waals surface area contributed by atoms with E-state index < -0.39 is 0 Å². The number of anilines is 1. The van der Waals surface area contributed by atoms with Crippen molar-refractivity contribution in [2.24, 2.45) is 0 Å². The van der Waals surface area contributed by atoms with Crippen molar-refractivity contribution in [2.75, 3.05) is 44.6 Å². The Balaban J connectivity index is 1.04. The van der Waals surface area contributed by atoms with Crippen LogP contribution < -0.4 is 10.6 Å². The van der Waals surface area contributed by atoms with Crippen molar-refractivity contribution >= 4 is 28.8 Å². The predicted molar refractivity (Wildman–Crippen MR) is 140 cm³/mol. The van der Waals surface area contributed by atoms with Crippen LogP contribution in [-0.4, -0.2) is 77.1 Å². The fraction of sp³-hybridized carbons (Fsp3) is 0.615. The van der Waals surface area contributed by atoms with Gasteiger partial charge >= 0.3 is 0 Å². The number of likely N-dealkylation sites (tertiary alicyclic amines) is 2. The number of carbonyl (C=O) groups is 2. The first-order valence-corrected chi connectivity index (χ1v) is 13.9. The molecule has 2 amide bonds. The highest BCUT2D eigenvalue weighted by molar-refractivity contribution is 7.13. The van der Waals surface area contributed by atoms with Crippen LogP contribution in [0.25, 0.3) is 0 Å². The lowest BCUT2D eigenvalue weighted by Gasteiger charge is -2.40. The molecule has 9 heteroatoms. The van der Waals surface area contributed by atoms with Crippen molar-refractivity contribution in [2.45, 2.75) is 63.8 Å². The largest absolute Gasteiger partial charge is 0.356 e. The van der Waals surface area contributed by atoms with Gasteiger partial charge in [-0.15, -0.1) is 10.2 Å². The number of hydrogen-bond donors (Lipinski definition) is 2. The molecule has 0 bridgehead atoms. The zero-order valence-corrected chi connectivity index (χ0v) is 21.4. The van der Waals surface area contributed by atoms with Gasteiger partial charge in [0, 0.05) is 31.1 Å². The fourth-order valence-electron chi connectivity index (χ4n) is 4.96. The molecule has 0 radical (unpaired) electrons. The van der Waals surface area contributed by atoms with Crippen molar-refractivity contribution in [3.05, 3.63) is 40.3 Å². The molecule has 0 spiro atoms. The third-order valence-electron chi connectivity index (χ3n) is 6.92. The van der Waals surface area contributed by atoms with Crippen molar-refractivity contribution < 1.29 is 9.59 Å². The van der Waals surface area contributed by atoms with E-state index in [-0.39, 0.29) is 11.8 Å². The van der Waals surface area contributed by atoms with Crippen LogP contribution in [0.1, 0.15) is 66.2 Å². The fourth-order valence-corrected chi connectivity index (χ4v) is 5.74. The maximum Gasteiger partial charge on any atom is 0.286 e. The van der Waals surface area contributed by atoms with Crippen LogP contribution in [0.5, 0.6) is 0 Å². The summed E-state index contributed by atoms with van der Waals surface area (Å²) in [5, 5.41) is 15.1. The molecule has 8 nitrogen and oxygen atoms in total. The van der Waals surface area contributed by atoms with E-state index in [1.54, 1.807) is 0 Å². The second kappa shape index (κ2) is 13.7. The highest BCUT2D eigenvalue weighted by Gasteiger charge is 2.25. The Bertz CT molecular complexity index is 923. The van der Waals surface area contributed by atoms with Crippen molar-refractivity contribution in [3.63, 3.8) is 0 Å². The Labute approximate surface area is 212 Å². The molecule has 1 aromatic heterocycles. The zero-order chi connectivity index (χ0) is 24.3. The van der Waals surface area contributed by atoms with Gasteiger partial charge in [0.1, 0.15) is 5.01 Å². The molecule has 190 valence electrons. The number of rotatable bonds is 11. The summed E-state index contributed by atoms with van der Waals surface area (Å²) < 4.78 is 0. The normalized spacial score (nSPS) is 17.8. The highest BCUT2D eigenvalue weighted by Crippen LogP contribution is 2.21. The maximum absolute atomic E-state index is 12.3. The van der Waals surface area contributed by atoms with Gasteiger partial charge in [0.05, 0.1) is 0 Å². The first-order valence-electron chi connectivity index (χ1n) is 13.1. The van der Waals surface area contributed by atoms with Gasteiger partial charge in [-0.25, -0.2) is 0 Å². The van der Waals surface area contributed by atoms with Gasteiger partial charge in [-0.05, 0) is 83.4 Å². The minimum absolute atomic E-state index is 0.0837. The average molecular weight is 499 g/mol. The summed E-state index contributed by atoms with van der Waals surface area (Å²) in [7, 11) is 0. The van der Waals surface area contributed by atoms with Crippen LogP contribution in [0.15, 0.2) is 30.3 Å². The van der Waals surface area contributed by atoms with E-state index >= 15 is 0 Å². The number of para-hydroxylation sites is 1. The predicted octanol–water partition coefficient (Wildman–Crippen LogP) is 3.57. The Kier molecular flexibility index (Phi) is 10.0. The smallest absolute Gasteiger partial charge is 0.286 e. The summed E-state index contributed by atoms with van der Waals surface area (Å²) in [6.45, 7) is 6.74. The average Bonchev–Trinajstić information content (AvgIpc) is 3.37. The van der Waals surface area contributed by atoms with Crippen molar-refractivity contribution in [3.8, 4) is 0 Å². The quantitative estimate of drug-likeness (QED) is 0.461. The van der Waals surface area contributed by atoms with Crippen LogP contribution in [0.4, 0.5) is 5.69 Å². The van der Waals surface area contributed by atoms with Gasteiger partial charge < -0.3 is 20.4 Å². The number of piperidine rings is 2. The first kappa shape index (κ1) is 25.7. The number of nitrogens with zero attached hydrogens (tertiary/aromatic N) is 4. The SMILES string of the molecule is O=C(CCCc1nnc(C(=O)Nc2ccccc2)s1)NCCCN1CCC(N2CCCCC2)CC1. The van der Waals surface area contributed by atoms with E-state index in [0.29, 0.717) is 24.3 Å². The molecule has 3 heterocycles. The van der Waals surface area contributed by atoms with Gasteiger partial charge in [0.25, 0.3) is 5.91 Å². The number of carbonyl (C=O) groups excluding carboxylic acids is 2. The van der Waals surface area contributed by atoms with Crippen LogP contribution in [0.2, 0.25) is 0 Å². The topological polar surface area (TPSA) is 90.5 Å². The minimum atomic E-state index is -0.256. The molecule has 1 aromatic carbocycles. The molecule has 4 rings (SSSR count). The number of benzene rings is 1. The number of hydrogen-bond acceptors (Lipinski definition) is 7. The summed E-state index contributed by atoms with van der Waals surface area (Å²) in [6.07, 6.45) is 9.52. The van der Waals surface area contributed by atoms with Crippen LogP contribution in [0.3, 0.4) is 0 Å². The Morgan fingerprint density at radius 2 is 1.74 bits per heavy atom. The van der Waals surface area contributed by atoms with E-state index in [2.05, 4.69) is 30.6 Å². The Morgan fingerprint density at radius 1 is 0.971 bits per heavy atom. The monoisotopic (exact) mass is 498 g/mol. The molecule has 0 atom stereocenters. The minimum Gasteiger partial charge on any atom is -0.356 e. The molecule has 0 unspecified atom stereocenters. The number of amides is 2. The standard InChI is InChI=1S/C26H38N6O2S/c33-23(27-15-8-16-31-19-13-22(14-20-31)32-17-5-2-6-18-32)11-7-12-24-29-30-26(35-24)25(34)28-21-9-3-1-4-10-21/h1,3-4,9-10,22H,2,5-8,11-20H2,(H,27,33)(H,28,34). The lowest BCUT2D eigenvalue weighted by molar-refractivity contribution is -0.121. The molecular formula is C26H38N6O2S. The van der Waals surface area contributed by atoms with Gasteiger partial charge in [0.15, 0.2) is 0 Å². The summed E-state index contributed by atoms with van der Waals surface area (Å²) >= 11 is 1.28. The summed E-state index contributed by atoms with van der Waals surface area (Å²) in [5.41, 5.74) is 0.729. The summed E-state index contributed by atoms with van der Waals surface area (Å²) in [4.78, 5) is 29.7. The molecule has 0 aliphatic carbocycles. The van der Waals surface area contributed by atoms with E-state index in [9.17, 15) is 9.59 Å². The van der Waals surface area contributed by atoms with Crippen LogP contribution >= 0.6 is 11.3 Å². The van der Waals surface area contributed by atoms with E-state index in [1.165, 1.54) is 69.6 Å². The van der Waals surface area contributed by atoms with E-state index in [0.717, 1.165) is 36.2 Å². The molecule has 2 aliphatic heterocycles. The first-order chi connectivity index (χ1) is 17.2. The summed E-state index contributed by atoms with van der Waals surface area (Å²) in [5.74, 6) is -0.172. The van der Waals surface area contributed by atoms with Crippen molar-refractivity contribution in [1.82, 2.24) is 25.3 Å². The Morgan fingerprint density at radius 3 is 2.51 bits per heavy atom. The number of aromatic nitrogens is 2. The number of aryl methyl sites for hydroxylation is 1. The third kappa shape index (κ3) is 8.37. The summed E-state index contributed by atoms with van der Waals surface area (Å²) in [6, 6.07) is 10.1. The van der Waals surface area contributed by atoms with Gasteiger partial charge in [-0.1, -0.05) is 36.0 Å². The van der Waals surface area contributed by atoms with Gasteiger partial charge in [0.2, 0.25) is 10.9 Å². The van der Waals surface area contributed by atoms with Crippen LogP contribution in [0, 0.1) is 0 Å². The maximum atomic E-state index is 12.3. The van der Waals surface area contributed by atoms with Crippen LogP contribution in [-0.2, 0) is 11.2 Å². The molecule has 2 aliphatic rings. The molecule has 0 saturated carbocycles. The molecule has 2 saturated heterocycles.